The molecule has 2 aromatic rings. The van der Waals surface area contributed by atoms with Crippen LogP contribution < -0.4 is 10.6 Å². The van der Waals surface area contributed by atoms with Gasteiger partial charge < -0.3 is 10.6 Å². The first-order chi connectivity index (χ1) is 12.2. The topological polar surface area (TPSA) is 90.7 Å². The van der Waals surface area contributed by atoms with Crippen LogP contribution in [-0.4, -0.2) is 21.9 Å². The molecule has 1 aromatic carbocycles. The van der Waals surface area contributed by atoms with Crippen molar-refractivity contribution in [2.24, 2.45) is 0 Å². The van der Waals surface area contributed by atoms with Gasteiger partial charge >= 0.3 is 0 Å². The SMILES string of the molecule is N#Cc1cccc(NC(=O)c2cnc(NC3CCCCCC3)nc2)c1. The number of rotatable bonds is 4. The number of carbonyl (C=O) groups is 1. The molecule has 6 nitrogen and oxygen atoms in total. The summed E-state index contributed by atoms with van der Waals surface area (Å²) < 4.78 is 0. The zero-order chi connectivity index (χ0) is 17.5. The first-order valence-electron chi connectivity index (χ1n) is 8.65. The van der Waals surface area contributed by atoms with Crippen LogP contribution in [0, 0.1) is 11.3 Å². The van der Waals surface area contributed by atoms with Crippen LogP contribution in [0.25, 0.3) is 0 Å². The number of aromatic nitrogens is 2. The quantitative estimate of drug-likeness (QED) is 0.831. The Hall–Kier alpha value is -2.94. The van der Waals surface area contributed by atoms with Gasteiger partial charge in [-0.1, -0.05) is 31.7 Å². The first-order valence-corrected chi connectivity index (χ1v) is 8.65. The summed E-state index contributed by atoms with van der Waals surface area (Å²) in [4.78, 5) is 20.8. The molecule has 0 spiro atoms. The molecule has 1 heterocycles. The Balaban J connectivity index is 1.61. The molecule has 1 saturated carbocycles. The van der Waals surface area contributed by atoms with Gasteiger partial charge in [-0.2, -0.15) is 5.26 Å². The van der Waals surface area contributed by atoms with Crippen LogP contribution in [-0.2, 0) is 0 Å². The number of anilines is 2. The van der Waals surface area contributed by atoms with Crippen LogP contribution >= 0.6 is 0 Å². The summed E-state index contributed by atoms with van der Waals surface area (Å²) in [6, 6.07) is 9.24. The van der Waals surface area contributed by atoms with Gasteiger partial charge in [0.25, 0.3) is 5.91 Å². The molecule has 1 amide bonds. The van der Waals surface area contributed by atoms with Crippen molar-refractivity contribution in [3.05, 3.63) is 47.8 Å². The van der Waals surface area contributed by atoms with Crippen molar-refractivity contribution in [1.82, 2.24) is 9.97 Å². The highest BCUT2D eigenvalue weighted by molar-refractivity contribution is 6.03. The molecule has 128 valence electrons. The number of nitrogens with one attached hydrogen (secondary N) is 2. The predicted octanol–water partition coefficient (Wildman–Crippen LogP) is 3.74. The van der Waals surface area contributed by atoms with E-state index in [9.17, 15) is 4.79 Å². The van der Waals surface area contributed by atoms with E-state index >= 15 is 0 Å². The molecule has 0 atom stereocenters. The van der Waals surface area contributed by atoms with Crippen LogP contribution in [0.15, 0.2) is 36.7 Å². The first kappa shape index (κ1) is 16.9. The van der Waals surface area contributed by atoms with Gasteiger partial charge in [-0.3, -0.25) is 4.79 Å². The molecule has 1 fully saturated rings. The molecule has 0 saturated heterocycles. The van der Waals surface area contributed by atoms with E-state index in [4.69, 9.17) is 5.26 Å². The summed E-state index contributed by atoms with van der Waals surface area (Å²) >= 11 is 0. The molecule has 1 aromatic heterocycles. The van der Waals surface area contributed by atoms with Crippen LogP contribution in [0.5, 0.6) is 0 Å². The van der Waals surface area contributed by atoms with E-state index in [0.29, 0.717) is 28.8 Å². The maximum absolute atomic E-state index is 12.3. The second-order valence-corrected chi connectivity index (χ2v) is 6.27. The fourth-order valence-electron chi connectivity index (χ4n) is 3.00. The molecular weight excluding hydrogens is 314 g/mol. The minimum absolute atomic E-state index is 0.295. The van der Waals surface area contributed by atoms with Crippen molar-refractivity contribution < 1.29 is 4.79 Å². The van der Waals surface area contributed by atoms with Gasteiger partial charge in [0.2, 0.25) is 5.95 Å². The number of hydrogen-bond acceptors (Lipinski definition) is 5. The Morgan fingerprint density at radius 3 is 2.52 bits per heavy atom. The maximum Gasteiger partial charge on any atom is 0.258 e. The lowest BCUT2D eigenvalue weighted by Gasteiger charge is -2.15. The predicted molar refractivity (Wildman–Crippen MR) is 96.3 cm³/mol. The zero-order valence-corrected chi connectivity index (χ0v) is 14.0. The summed E-state index contributed by atoms with van der Waals surface area (Å²) in [5.74, 6) is 0.269. The molecule has 0 radical (unpaired) electrons. The lowest BCUT2D eigenvalue weighted by Crippen LogP contribution is -2.20. The lowest BCUT2D eigenvalue weighted by atomic mass is 10.1. The monoisotopic (exact) mass is 335 g/mol. The highest BCUT2D eigenvalue weighted by Gasteiger charge is 2.14. The Bertz CT molecular complexity index is 758. The number of carbonyl (C=O) groups excluding carboxylic acids is 1. The third kappa shape index (κ3) is 4.77. The molecule has 3 rings (SSSR count). The number of nitrogens with zero attached hydrogens (tertiary/aromatic N) is 3. The summed E-state index contributed by atoms with van der Waals surface area (Å²) in [5.41, 5.74) is 1.45. The van der Waals surface area contributed by atoms with Crippen LogP contribution in [0.2, 0.25) is 0 Å². The van der Waals surface area contributed by atoms with Crippen molar-refractivity contribution in [3.63, 3.8) is 0 Å². The minimum atomic E-state index is -0.295. The molecule has 0 aliphatic heterocycles. The zero-order valence-electron chi connectivity index (χ0n) is 14.0. The smallest absolute Gasteiger partial charge is 0.258 e. The van der Waals surface area contributed by atoms with Crippen molar-refractivity contribution in [2.75, 3.05) is 10.6 Å². The van der Waals surface area contributed by atoms with E-state index in [1.165, 1.54) is 38.1 Å². The molecule has 6 heteroatoms. The van der Waals surface area contributed by atoms with Crippen molar-refractivity contribution in [2.45, 2.75) is 44.6 Å². The average molecular weight is 335 g/mol. The van der Waals surface area contributed by atoms with Crippen molar-refractivity contribution in [3.8, 4) is 6.07 Å². The number of amides is 1. The highest BCUT2D eigenvalue weighted by Crippen LogP contribution is 2.19. The summed E-state index contributed by atoms with van der Waals surface area (Å²) in [5, 5.41) is 15.0. The van der Waals surface area contributed by atoms with Crippen LogP contribution in [0.1, 0.15) is 54.4 Å². The molecule has 2 N–H and O–H groups in total. The number of benzene rings is 1. The highest BCUT2D eigenvalue weighted by atomic mass is 16.1. The Kier molecular flexibility index (Phi) is 5.57. The molecule has 25 heavy (non-hydrogen) atoms. The fraction of sp³-hybridized carbons (Fsp3) is 0.368. The normalized spacial score (nSPS) is 15.0. The van der Waals surface area contributed by atoms with Gasteiger partial charge in [0.15, 0.2) is 0 Å². The molecule has 1 aliphatic rings. The van der Waals surface area contributed by atoms with Crippen molar-refractivity contribution in [1.29, 1.82) is 5.26 Å². The Morgan fingerprint density at radius 2 is 1.84 bits per heavy atom. The van der Waals surface area contributed by atoms with Crippen LogP contribution in [0.3, 0.4) is 0 Å². The second kappa shape index (κ2) is 8.25. The van der Waals surface area contributed by atoms with E-state index in [-0.39, 0.29) is 5.91 Å². The van der Waals surface area contributed by atoms with Gasteiger partial charge in [-0.05, 0) is 31.0 Å². The van der Waals surface area contributed by atoms with E-state index in [2.05, 4.69) is 20.6 Å². The standard InChI is InChI=1S/C19H21N5O/c20-11-14-6-5-9-17(10-14)23-18(25)15-12-21-19(22-13-15)24-16-7-3-1-2-4-8-16/h5-6,9-10,12-13,16H,1-4,7-8H2,(H,23,25)(H,21,22,24). The summed E-state index contributed by atoms with van der Waals surface area (Å²) in [6.45, 7) is 0. The molecular formula is C19H21N5O. The van der Waals surface area contributed by atoms with Crippen molar-refractivity contribution >= 4 is 17.5 Å². The Morgan fingerprint density at radius 1 is 1.12 bits per heavy atom. The van der Waals surface area contributed by atoms with Crippen LogP contribution in [0.4, 0.5) is 11.6 Å². The third-order valence-electron chi connectivity index (χ3n) is 4.35. The number of nitriles is 1. The molecule has 1 aliphatic carbocycles. The lowest BCUT2D eigenvalue weighted by molar-refractivity contribution is 0.102. The van der Waals surface area contributed by atoms with Gasteiger partial charge in [0.1, 0.15) is 0 Å². The van der Waals surface area contributed by atoms with E-state index in [1.807, 2.05) is 6.07 Å². The largest absolute Gasteiger partial charge is 0.351 e. The maximum atomic E-state index is 12.3. The van der Waals surface area contributed by atoms with Gasteiger partial charge in [0, 0.05) is 24.1 Å². The summed E-state index contributed by atoms with van der Waals surface area (Å²) in [7, 11) is 0. The van der Waals surface area contributed by atoms with Gasteiger partial charge in [0.05, 0.1) is 17.2 Å². The Labute approximate surface area is 147 Å². The summed E-state index contributed by atoms with van der Waals surface area (Å²) in [6.07, 6.45) is 10.4. The average Bonchev–Trinajstić information content (AvgIpc) is 2.91. The third-order valence-corrected chi connectivity index (χ3v) is 4.35. The van der Waals surface area contributed by atoms with E-state index < -0.39 is 0 Å². The molecule has 0 unspecified atom stereocenters. The molecule has 0 bridgehead atoms. The van der Waals surface area contributed by atoms with E-state index in [0.717, 1.165) is 12.8 Å². The minimum Gasteiger partial charge on any atom is -0.351 e. The second-order valence-electron chi connectivity index (χ2n) is 6.27. The van der Waals surface area contributed by atoms with E-state index in [1.54, 1.807) is 24.3 Å². The number of hydrogen-bond donors (Lipinski definition) is 2. The van der Waals surface area contributed by atoms with Gasteiger partial charge in [-0.15, -0.1) is 0 Å². The fourth-order valence-corrected chi connectivity index (χ4v) is 3.00. The van der Waals surface area contributed by atoms with Gasteiger partial charge in [-0.25, -0.2) is 9.97 Å².